The van der Waals surface area contributed by atoms with Crippen molar-refractivity contribution in [2.75, 3.05) is 7.11 Å². The van der Waals surface area contributed by atoms with Crippen LogP contribution in [-0.2, 0) is 6.42 Å². The summed E-state index contributed by atoms with van der Waals surface area (Å²) in [6, 6.07) is 4.66. The first kappa shape index (κ1) is 14.3. The van der Waals surface area contributed by atoms with Gasteiger partial charge in [-0.15, -0.1) is 11.3 Å². The first-order chi connectivity index (χ1) is 9.02. The summed E-state index contributed by atoms with van der Waals surface area (Å²) >= 11 is 7.52. The van der Waals surface area contributed by atoms with Gasteiger partial charge in [0.05, 0.1) is 23.1 Å². The number of ether oxygens (including phenoxy) is 1. The predicted molar refractivity (Wildman–Crippen MR) is 75.7 cm³/mol. The quantitative estimate of drug-likeness (QED) is 0.920. The van der Waals surface area contributed by atoms with E-state index in [2.05, 4.69) is 0 Å². The fourth-order valence-corrected chi connectivity index (χ4v) is 3.13. The molecule has 0 fully saturated rings. The molecule has 0 radical (unpaired) electrons. The molecule has 2 nitrogen and oxygen atoms in total. The largest absolute Gasteiger partial charge is 0.494 e. The van der Waals surface area contributed by atoms with Crippen molar-refractivity contribution in [2.45, 2.75) is 19.4 Å². The number of thiophene rings is 1. The number of aliphatic hydroxyl groups excluding tert-OH is 1. The van der Waals surface area contributed by atoms with Crippen LogP contribution in [0.25, 0.3) is 0 Å². The highest BCUT2D eigenvalue weighted by Gasteiger charge is 2.16. The molecule has 1 unspecified atom stereocenters. The first-order valence-electron chi connectivity index (χ1n) is 5.77. The Bertz CT molecular complexity index is 583. The van der Waals surface area contributed by atoms with Crippen LogP contribution in [0.2, 0.25) is 5.02 Å². The zero-order valence-corrected chi connectivity index (χ0v) is 12.2. The van der Waals surface area contributed by atoms with Gasteiger partial charge in [0.15, 0.2) is 11.6 Å². The standard InChI is InChI=1S/C14H14ClFO2S/c1-8-7-19-14(13(8)15)11(17)6-9-3-4-12(18-2)10(16)5-9/h3-5,7,11,17H,6H2,1-2H3. The SMILES string of the molecule is COc1ccc(CC(O)c2scc(C)c2Cl)cc1F. The Labute approximate surface area is 120 Å². The van der Waals surface area contributed by atoms with Crippen LogP contribution in [0.1, 0.15) is 22.1 Å². The summed E-state index contributed by atoms with van der Waals surface area (Å²) in [6.45, 7) is 1.89. The number of halogens is 2. The zero-order valence-electron chi connectivity index (χ0n) is 10.6. The summed E-state index contributed by atoms with van der Waals surface area (Å²) in [4.78, 5) is 0.718. The lowest BCUT2D eigenvalue weighted by atomic mass is 10.1. The van der Waals surface area contributed by atoms with Crippen LogP contribution in [0.15, 0.2) is 23.6 Å². The average molecular weight is 301 g/mol. The van der Waals surface area contributed by atoms with Gasteiger partial charge in [-0.2, -0.15) is 0 Å². The van der Waals surface area contributed by atoms with Gasteiger partial charge in [0.25, 0.3) is 0 Å². The number of methoxy groups -OCH3 is 1. The average Bonchev–Trinajstić information content (AvgIpc) is 2.70. The van der Waals surface area contributed by atoms with E-state index >= 15 is 0 Å². The van der Waals surface area contributed by atoms with Gasteiger partial charge >= 0.3 is 0 Å². The minimum Gasteiger partial charge on any atom is -0.494 e. The molecule has 0 amide bonds. The second kappa shape index (κ2) is 5.90. The van der Waals surface area contributed by atoms with Gasteiger partial charge in [0, 0.05) is 6.42 Å². The third kappa shape index (κ3) is 3.08. The van der Waals surface area contributed by atoms with Gasteiger partial charge in [-0.25, -0.2) is 4.39 Å². The molecular formula is C14H14ClFO2S. The van der Waals surface area contributed by atoms with Crippen molar-refractivity contribution >= 4 is 22.9 Å². The van der Waals surface area contributed by atoms with E-state index in [1.54, 1.807) is 12.1 Å². The Kier molecular flexibility index (Phi) is 4.45. The lowest BCUT2D eigenvalue weighted by Gasteiger charge is -2.11. The molecule has 2 aromatic rings. The number of hydrogen-bond acceptors (Lipinski definition) is 3. The maximum Gasteiger partial charge on any atom is 0.165 e. The second-order valence-electron chi connectivity index (χ2n) is 4.29. The Morgan fingerprint density at radius 1 is 1.47 bits per heavy atom. The smallest absolute Gasteiger partial charge is 0.165 e. The highest BCUT2D eigenvalue weighted by Crippen LogP contribution is 2.34. The third-order valence-corrected chi connectivity index (χ3v) is 4.69. The molecule has 0 aliphatic rings. The molecule has 0 saturated carbocycles. The van der Waals surface area contributed by atoms with Crippen molar-refractivity contribution in [3.05, 3.63) is 50.4 Å². The molecule has 0 aliphatic heterocycles. The minimum atomic E-state index is -0.723. The molecule has 0 saturated heterocycles. The molecule has 0 aliphatic carbocycles. The highest BCUT2D eigenvalue weighted by atomic mass is 35.5. The third-order valence-electron chi connectivity index (χ3n) is 2.87. The normalized spacial score (nSPS) is 12.5. The van der Waals surface area contributed by atoms with Crippen molar-refractivity contribution in [1.29, 1.82) is 0 Å². The Balaban J connectivity index is 2.17. The van der Waals surface area contributed by atoms with Crippen LogP contribution < -0.4 is 4.74 Å². The lowest BCUT2D eigenvalue weighted by molar-refractivity contribution is 0.182. The van der Waals surface area contributed by atoms with Gasteiger partial charge in [-0.05, 0) is 35.6 Å². The van der Waals surface area contributed by atoms with Gasteiger partial charge < -0.3 is 9.84 Å². The van der Waals surface area contributed by atoms with E-state index in [1.165, 1.54) is 24.5 Å². The maximum absolute atomic E-state index is 13.6. The molecule has 19 heavy (non-hydrogen) atoms. The van der Waals surface area contributed by atoms with Crippen LogP contribution in [0.3, 0.4) is 0 Å². The lowest BCUT2D eigenvalue weighted by Crippen LogP contribution is -2.01. The molecule has 1 atom stereocenters. The molecule has 1 heterocycles. The molecule has 1 N–H and O–H groups in total. The highest BCUT2D eigenvalue weighted by molar-refractivity contribution is 7.10. The van der Waals surface area contributed by atoms with E-state index in [9.17, 15) is 9.50 Å². The van der Waals surface area contributed by atoms with E-state index in [4.69, 9.17) is 16.3 Å². The Morgan fingerprint density at radius 3 is 2.74 bits per heavy atom. The summed E-state index contributed by atoms with van der Waals surface area (Å²) in [5.74, 6) is -0.233. The van der Waals surface area contributed by atoms with Crippen molar-refractivity contribution in [2.24, 2.45) is 0 Å². The molecule has 1 aromatic heterocycles. The van der Waals surface area contributed by atoms with Crippen LogP contribution in [0.4, 0.5) is 4.39 Å². The molecule has 0 spiro atoms. The van der Waals surface area contributed by atoms with Crippen LogP contribution >= 0.6 is 22.9 Å². The van der Waals surface area contributed by atoms with E-state index < -0.39 is 11.9 Å². The van der Waals surface area contributed by atoms with E-state index in [0.29, 0.717) is 17.0 Å². The molecule has 102 valence electrons. The zero-order chi connectivity index (χ0) is 14.0. The fraction of sp³-hybridized carbons (Fsp3) is 0.286. The van der Waals surface area contributed by atoms with Crippen LogP contribution in [0.5, 0.6) is 5.75 Å². The summed E-state index contributed by atoms with van der Waals surface area (Å²) in [6.07, 6.45) is -0.403. The summed E-state index contributed by atoms with van der Waals surface area (Å²) in [7, 11) is 1.42. The van der Waals surface area contributed by atoms with Crippen molar-refractivity contribution in [3.8, 4) is 5.75 Å². The minimum absolute atomic E-state index is 0.197. The number of aliphatic hydroxyl groups is 1. The van der Waals surface area contributed by atoms with Crippen molar-refractivity contribution < 1.29 is 14.2 Å². The van der Waals surface area contributed by atoms with Gasteiger partial charge in [0.2, 0.25) is 0 Å². The predicted octanol–water partition coefficient (Wildman–Crippen LogP) is 4.13. The number of hydrogen-bond donors (Lipinski definition) is 1. The molecule has 1 aromatic carbocycles. The topological polar surface area (TPSA) is 29.5 Å². The number of benzene rings is 1. The fourth-order valence-electron chi connectivity index (χ4n) is 1.83. The maximum atomic E-state index is 13.6. The summed E-state index contributed by atoms with van der Waals surface area (Å²) in [5.41, 5.74) is 1.65. The summed E-state index contributed by atoms with van der Waals surface area (Å²) < 4.78 is 18.4. The molecular weight excluding hydrogens is 287 g/mol. The number of rotatable bonds is 4. The summed E-state index contributed by atoms with van der Waals surface area (Å²) in [5, 5.41) is 12.6. The van der Waals surface area contributed by atoms with E-state index in [1.807, 2.05) is 12.3 Å². The van der Waals surface area contributed by atoms with Gasteiger partial charge in [-0.1, -0.05) is 17.7 Å². The van der Waals surface area contributed by atoms with Crippen molar-refractivity contribution in [1.82, 2.24) is 0 Å². The Hall–Kier alpha value is -1.10. The second-order valence-corrected chi connectivity index (χ2v) is 5.57. The Morgan fingerprint density at radius 2 is 2.21 bits per heavy atom. The molecule has 0 bridgehead atoms. The van der Waals surface area contributed by atoms with Gasteiger partial charge in [-0.3, -0.25) is 0 Å². The van der Waals surface area contributed by atoms with Crippen molar-refractivity contribution in [3.63, 3.8) is 0 Å². The van der Waals surface area contributed by atoms with E-state index in [0.717, 1.165) is 10.4 Å². The van der Waals surface area contributed by atoms with Crippen LogP contribution in [0, 0.1) is 12.7 Å². The molecule has 2 rings (SSSR count). The van der Waals surface area contributed by atoms with Crippen LogP contribution in [-0.4, -0.2) is 12.2 Å². The molecule has 5 heteroatoms. The monoisotopic (exact) mass is 300 g/mol. The van der Waals surface area contributed by atoms with E-state index in [-0.39, 0.29) is 5.75 Å². The number of aryl methyl sites for hydroxylation is 1. The van der Waals surface area contributed by atoms with Gasteiger partial charge in [0.1, 0.15) is 0 Å². The first-order valence-corrected chi connectivity index (χ1v) is 7.02.